The minimum absolute atomic E-state index is 0.153. The minimum atomic E-state index is -0.413. The number of rotatable bonds is 6. The highest BCUT2D eigenvalue weighted by atomic mass is 32.1. The molecule has 0 aliphatic carbocycles. The molecule has 136 valence electrons. The van der Waals surface area contributed by atoms with Crippen LogP contribution in [0.4, 0.5) is 0 Å². The maximum atomic E-state index is 12.1. The van der Waals surface area contributed by atoms with Crippen molar-refractivity contribution in [3.05, 3.63) is 50.7 Å². The Hall–Kier alpha value is -2.29. The number of ether oxygens (including phenoxy) is 1. The van der Waals surface area contributed by atoms with Crippen LogP contribution in [0.1, 0.15) is 32.0 Å². The molecule has 0 aliphatic heterocycles. The largest absolute Gasteiger partial charge is 0.364 e. The number of fused-ring (bicyclic) bond motifs is 1. The normalized spacial score (nSPS) is 10.8. The molecule has 0 bridgehead atoms. The van der Waals surface area contributed by atoms with Crippen molar-refractivity contribution in [1.82, 2.24) is 15.8 Å². The van der Waals surface area contributed by atoms with Gasteiger partial charge in [-0.25, -0.2) is 4.98 Å². The Kier molecular flexibility index (Phi) is 5.97. The molecule has 3 rings (SSSR count). The van der Waals surface area contributed by atoms with E-state index >= 15 is 0 Å². The van der Waals surface area contributed by atoms with Crippen molar-refractivity contribution in [2.75, 3.05) is 6.61 Å². The number of aryl methyl sites for hydroxylation is 2. The summed E-state index contributed by atoms with van der Waals surface area (Å²) in [5, 5.41) is 0.809. The highest BCUT2D eigenvalue weighted by Gasteiger charge is 2.12. The molecule has 0 spiro atoms. The Morgan fingerprint density at radius 1 is 1.19 bits per heavy atom. The first-order valence-corrected chi connectivity index (χ1v) is 9.80. The zero-order valence-corrected chi connectivity index (χ0v) is 16.1. The second kappa shape index (κ2) is 8.39. The van der Waals surface area contributed by atoms with E-state index in [2.05, 4.69) is 15.8 Å². The molecule has 0 radical (unpaired) electrons. The van der Waals surface area contributed by atoms with Gasteiger partial charge in [0.1, 0.15) is 11.6 Å². The first-order chi connectivity index (χ1) is 12.6. The van der Waals surface area contributed by atoms with Crippen LogP contribution in [0.2, 0.25) is 0 Å². The van der Waals surface area contributed by atoms with E-state index in [4.69, 9.17) is 4.74 Å². The smallest absolute Gasteiger partial charge is 0.279 e. The number of thiazole rings is 1. The topological polar surface area (TPSA) is 80.3 Å². The highest BCUT2D eigenvalue weighted by Crippen LogP contribution is 2.22. The van der Waals surface area contributed by atoms with Gasteiger partial charge in [0.15, 0.2) is 0 Å². The average molecular weight is 390 g/mol. The third-order valence-electron chi connectivity index (χ3n) is 3.68. The molecule has 0 unspecified atom stereocenters. The molecule has 0 fully saturated rings. The maximum absolute atomic E-state index is 12.1. The molecule has 8 heteroatoms. The molecule has 0 atom stereocenters. The van der Waals surface area contributed by atoms with Gasteiger partial charge < -0.3 is 4.74 Å². The molecule has 1 aromatic carbocycles. The van der Waals surface area contributed by atoms with E-state index in [9.17, 15) is 9.59 Å². The second-order valence-electron chi connectivity index (χ2n) is 5.64. The number of carbonyl (C=O) groups excluding carboxylic acids is 2. The maximum Gasteiger partial charge on any atom is 0.279 e. The summed E-state index contributed by atoms with van der Waals surface area (Å²) >= 11 is 2.97. The van der Waals surface area contributed by atoms with Crippen molar-refractivity contribution in [3.63, 3.8) is 0 Å². The fourth-order valence-corrected chi connectivity index (χ4v) is 4.33. The number of carbonyl (C=O) groups is 2. The summed E-state index contributed by atoms with van der Waals surface area (Å²) in [5.74, 6) is -0.735. The molecule has 0 saturated carbocycles. The van der Waals surface area contributed by atoms with Crippen LogP contribution in [-0.4, -0.2) is 23.4 Å². The number of hydrogen-bond donors (Lipinski definition) is 2. The van der Waals surface area contributed by atoms with Gasteiger partial charge in [0.05, 0.1) is 21.7 Å². The lowest BCUT2D eigenvalue weighted by Crippen LogP contribution is -2.43. The number of hydrazine groups is 1. The number of nitrogens with zero attached hydrogens (tertiary/aromatic N) is 1. The summed E-state index contributed by atoms with van der Waals surface area (Å²) < 4.78 is 6.46. The Labute approximate surface area is 159 Å². The molecule has 2 heterocycles. The number of hydrogen-bond acceptors (Lipinski definition) is 6. The Morgan fingerprint density at radius 2 is 2.00 bits per heavy atom. The van der Waals surface area contributed by atoms with E-state index in [1.54, 1.807) is 0 Å². The van der Waals surface area contributed by atoms with Gasteiger partial charge in [-0.2, -0.15) is 0 Å². The highest BCUT2D eigenvalue weighted by molar-refractivity contribution is 7.18. The van der Waals surface area contributed by atoms with Crippen LogP contribution in [0.3, 0.4) is 0 Å². The Balaban J connectivity index is 1.43. The van der Waals surface area contributed by atoms with Gasteiger partial charge in [-0.3, -0.25) is 20.4 Å². The quantitative estimate of drug-likeness (QED) is 0.635. The van der Waals surface area contributed by atoms with Crippen LogP contribution in [0.5, 0.6) is 0 Å². The van der Waals surface area contributed by atoms with E-state index in [1.807, 2.05) is 44.2 Å². The van der Waals surface area contributed by atoms with Crippen molar-refractivity contribution < 1.29 is 14.3 Å². The summed E-state index contributed by atoms with van der Waals surface area (Å²) in [6.45, 7) is 4.12. The second-order valence-corrected chi connectivity index (χ2v) is 7.89. The number of thiophene rings is 1. The Bertz CT molecular complexity index is 900. The van der Waals surface area contributed by atoms with Gasteiger partial charge in [-0.05, 0) is 37.1 Å². The summed E-state index contributed by atoms with van der Waals surface area (Å²) in [6, 6.07) is 9.65. The van der Waals surface area contributed by atoms with Crippen molar-refractivity contribution in [2.45, 2.75) is 26.9 Å². The first kappa shape index (κ1) is 18.5. The van der Waals surface area contributed by atoms with Crippen LogP contribution >= 0.6 is 22.7 Å². The molecule has 2 aromatic heterocycles. The van der Waals surface area contributed by atoms with Crippen molar-refractivity contribution >= 4 is 44.7 Å². The van der Waals surface area contributed by atoms with Gasteiger partial charge >= 0.3 is 0 Å². The van der Waals surface area contributed by atoms with Gasteiger partial charge in [-0.1, -0.05) is 19.1 Å². The summed E-state index contributed by atoms with van der Waals surface area (Å²) in [6.07, 6.45) is 0.885. The summed E-state index contributed by atoms with van der Waals surface area (Å²) in [4.78, 5) is 30.0. The number of nitrogens with one attached hydrogen (secondary N) is 2. The van der Waals surface area contributed by atoms with Gasteiger partial charge in [-0.15, -0.1) is 22.7 Å². The lowest BCUT2D eigenvalue weighted by molar-refractivity contribution is -0.126. The third-order valence-corrected chi connectivity index (χ3v) is 6.07. The summed E-state index contributed by atoms with van der Waals surface area (Å²) in [5.41, 5.74) is 6.79. The van der Waals surface area contributed by atoms with Crippen molar-refractivity contribution in [3.8, 4) is 0 Å². The van der Waals surface area contributed by atoms with E-state index in [-0.39, 0.29) is 19.1 Å². The molecule has 6 nitrogen and oxygen atoms in total. The molecule has 2 amide bonds. The molecule has 0 saturated heterocycles. The molecular weight excluding hydrogens is 370 g/mol. The number of para-hydroxylation sites is 1. The van der Waals surface area contributed by atoms with Crippen LogP contribution in [-0.2, 0) is 22.6 Å². The monoisotopic (exact) mass is 389 g/mol. The fraction of sp³-hybridized carbons (Fsp3) is 0.278. The van der Waals surface area contributed by atoms with Crippen molar-refractivity contribution in [1.29, 1.82) is 0 Å². The zero-order chi connectivity index (χ0) is 18.5. The van der Waals surface area contributed by atoms with Crippen LogP contribution in [0.25, 0.3) is 10.2 Å². The van der Waals surface area contributed by atoms with Gasteiger partial charge in [0.25, 0.3) is 11.8 Å². The van der Waals surface area contributed by atoms with E-state index in [0.29, 0.717) is 4.88 Å². The number of benzene rings is 1. The predicted molar refractivity (Wildman–Crippen MR) is 103 cm³/mol. The fourth-order valence-electron chi connectivity index (χ4n) is 2.42. The molecule has 26 heavy (non-hydrogen) atoms. The first-order valence-electron chi connectivity index (χ1n) is 8.17. The van der Waals surface area contributed by atoms with Gasteiger partial charge in [0.2, 0.25) is 0 Å². The molecule has 2 N–H and O–H groups in total. The van der Waals surface area contributed by atoms with E-state index in [0.717, 1.165) is 27.2 Å². The van der Waals surface area contributed by atoms with Crippen LogP contribution < -0.4 is 10.9 Å². The number of amides is 2. The molecular formula is C18H19N3O3S2. The third kappa shape index (κ3) is 4.46. The van der Waals surface area contributed by atoms with Crippen molar-refractivity contribution in [2.24, 2.45) is 0 Å². The molecule has 3 aromatic rings. The average Bonchev–Trinajstić information content (AvgIpc) is 3.22. The lowest BCUT2D eigenvalue weighted by atomic mass is 10.2. The SMILES string of the molecule is CCc1sc(C(=O)NNC(=O)COCc2nc3ccccc3s2)cc1C. The van der Waals surface area contributed by atoms with E-state index < -0.39 is 5.91 Å². The lowest BCUT2D eigenvalue weighted by Gasteiger charge is -2.06. The zero-order valence-electron chi connectivity index (χ0n) is 14.5. The van der Waals surface area contributed by atoms with Crippen LogP contribution in [0, 0.1) is 6.92 Å². The Morgan fingerprint density at radius 3 is 2.73 bits per heavy atom. The van der Waals surface area contributed by atoms with Gasteiger partial charge in [0, 0.05) is 4.88 Å². The summed E-state index contributed by atoms with van der Waals surface area (Å²) in [7, 11) is 0. The standard InChI is InChI=1S/C18H19N3O3S2/c1-3-13-11(2)8-15(25-13)18(23)21-20-16(22)9-24-10-17-19-12-6-4-5-7-14(12)26-17/h4-8H,3,9-10H2,1-2H3,(H,20,22)(H,21,23). The predicted octanol–water partition coefficient (Wildman–Crippen LogP) is 3.21. The minimum Gasteiger partial charge on any atom is -0.364 e. The number of aromatic nitrogens is 1. The van der Waals surface area contributed by atoms with Crippen LogP contribution in [0.15, 0.2) is 30.3 Å². The van der Waals surface area contributed by atoms with E-state index in [1.165, 1.54) is 27.6 Å². The molecule has 0 aliphatic rings.